The molecule has 168 valence electrons. The highest BCUT2D eigenvalue weighted by Crippen LogP contribution is 2.32. The second-order valence-electron chi connectivity index (χ2n) is 9.57. The number of pyridine rings is 1. The quantitative estimate of drug-likeness (QED) is 0.609. The van der Waals surface area contributed by atoms with Gasteiger partial charge in [-0.05, 0) is 50.2 Å². The van der Waals surface area contributed by atoms with Gasteiger partial charge in [-0.1, -0.05) is 50.1 Å². The molecule has 0 aliphatic heterocycles. The van der Waals surface area contributed by atoms with Crippen molar-refractivity contribution in [3.63, 3.8) is 0 Å². The lowest BCUT2D eigenvalue weighted by molar-refractivity contribution is 0.410. The molecule has 1 aromatic carbocycles. The molecule has 0 bridgehead atoms. The van der Waals surface area contributed by atoms with Crippen molar-refractivity contribution < 1.29 is 0 Å². The van der Waals surface area contributed by atoms with Crippen molar-refractivity contribution in [1.82, 2.24) is 14.5 Å². The third-order valence-corrected chi connectivity index (χ3v) is 7.36. The van der Waals surface area contributed by atoms with E-state index >= 15 is 0 Å². The largest absolute Gasteiger partial charge is 0.351 e. The van der Waals surface area contributed by atoms with E-state index < -0.39 is 0 Å². The number of fused-ring (bicyclic) bond motifs is 1. The first-order chi connectivity index (χ1) is 15.6. The van der Waals surface area contributed by atoms with Crippen LogP contribution in [-0.2, 0) is 0 Å². The van der Waals surface area contributed by atoms with E-state index in [-0.39, 0.29) is 17.5 Å². The van der Waals surface area contributed by atoms with Gasteiger partial charge in [0.05, 0.1) is 0 Å². The fourth-order valence-electron chi connectivity index (χ4n) is 5.39. The van der Waals surface area contributed by atoms with Crippen LogP contribution < -0.4 is 16.6 Å². The van der Waals surface area contributed by atoms with Gasteiger partial charge in [0.25, 0.3) is 5.56 Å². The fourth-order valence-corrected chi connectivity index (χ4v) is 5.39. The molecule has 2 heterocycles. The maximum atomic E-state index is 13.8. The minimum atomic E-state index is 0.0185. The Bertz CT molecular complexity index is 1130. The molecular weight excluding hydrogens is 398 g/mol. The summed E-state index contributed by atoms with van der Waals surface area (Å²) in [5.74, 6) is 0.637. The number of nitrogens with one attached hydrogen (secondary N) is 1. The van der Waals surface area contributed by atoms with Gasteiger partial charge >= 0.3 is 0 Å². The van der Waals surface area contributed by atoms with Crippen LogP contribution in [-0.4, -0.2) is 26.6 Å². The van der Waals surface area contributed by atoms with E-state index in [1.807, 2.05) is 35.0 Å². The zero-order chi connectivity index (χ0) is 22.1. The van der Waals surface area contributed by atoms with Crippen LogP contribution >= 0.6 is 0 Å². The summed E-state index contributed by atoms with van der Waals surface area (Å²) in [6.07, 6.45) is 10.4. The number of aromatic nitrogens is 3. The Hall–Kier alpha value is -2.73. The van der Waals surface area contributed by atoms with Crippen molar-refractivity contribution in [2.75, 3.05) is 5.32 Å². The van der Waals surface area contributed by atoms with Crippen LogP contribution in [0.1, 0.15) is 81.4 Å². The molecule has 0 spiro atoms. The Balaban J connectivity index is 1.56. The molecule has 2 saturated carbocycles. The number of nitrogens with zero attached hydrogens (tertiary/aromatic N) is 3. The van der Waals surface area contributed by atoms with Crippen molar-refractivity contribution in [3.05, 3.63) is 64.1 Å². The van der Waals surface area contributed by atoms with Crippen LogP contribution in [0.2, 0.25) is 0 Å². The average molecular weight is 432 g/mol. The Kier molecular flexibility index (Phi) is 5.96. The van der Waals surface area contributed by atoms with Crippen molar-refractivity contribution in [2.45, 2.75) is 82.3 Å². The van der Waals surface area contributed by atoms with Crippen LogP contribution in [0.15, 0.2) is 47.4 Å². The lowest BCUT2D eigenvalue weighted by Crippen LogP contribution is -2.33. The summed E-state index contributed by atoms with van der Waals surface area (Å²) in [4.78, 5) is 23.3. The minimum Gasteiger partial charge on any atom is -0.351 e. The maximum absolute atomic E-state index is 13.8. The summed E-state index contributed by atoms with van der Waals surface area (Å²) < 4.78 is 1.97. The van der Waals surface area contributed by atoms with E-state index in [1.165, 1.54) is 0 Å². The third kappa shape index (κ3) is 4.16. The van der Waals surface area contributed by atoms with E-state index in [4.69, 9.17) is 10.7 Å². The van der Waals surface area contributed by atoms with Gasteiger partial charge in [0.15, 0.2) is 0 Å². The number of benzene rings is 1. The first-order valence-corrected chi connectivity index (χ1v) is 12.1. The molecule has 6 nitrogen and oxygen atoms in total. The summed E-state index contributed by atoms with van der Waals surface area (Å²) in [7, 11) is 0. The van der Waals surface area contributed by atoms with E-state index in [0.717, 1.165) is 73.5 Å². The third-order valence-electron chi connectivity index (χ3n) is 7.36. The molecule has 0 saturated heterocycles. The normalized spacial score (nSPS) is 22.8. The average Bonchev–Trinajstić information content (AvgIpc) is 3.35. The lowest BCUT2D eigenvalue weighted by Gasteiger charge is -2.27. The molecule has 5 rings (SSSR count). The predicted octanol–water partition coefficient (Wildman–Crippen LogP) is 4.74. The molecule has 1 atom stereocenters. The molecule has 2 aliphatic rings. The zero-order valence-electron chi connectivity index (χ0n) is 18.8. The highest BCUT2D eigenvalue weighted by molar-refractivity contribution is 5.76. The monoisotopic (exact) mass is 431 g/mol. The summed E-state index contributed by atoms with van der Waals surface area (Å²) in [5, 5.41) is 4.44. The molecule has 3 aromatic rings. The van der Waals surface area contributed by atoms with Crippen molar-refractivity contribution >= 4 is 17.0 Å². The smallest absolute Gasteiger partial charge is 0.256 e. The Morgan fingerprint density at radius 2 is 1.78 bits per heavy atom. The molecule has 32 heavy (non-hydrogen) atoms. The van der Waals surface area contributed by atoms with Gasteiger partial charge in [-0.3, -0.25) is 9.36 Å². The second-order valence-corrected chi connectivity index (χ2v) is 9.57. The van der Waals surface area contributed by atoms with E-state index in [9.17, 15) is 4.79 Å². The molecule has 2 aliphatic carbocycles. The first kappa shape index (κ1) is 21.1. The number of nitrogens with two attached hydrogens (primary N) is 1. The van der Waals surface area contributed by atoms with Crippen molar-refractivity contribution in [2.24, 2.45) is 5.73 Å². The summed E-state index contributed by atoms with van der Waals surface area (Å²) in [6, 6.07) is 13.1. The molecule has 2 fully saturated rings. The summed E-state index contributed by atoms with van der Waals surface area (Å²) in [5.41, 5.74) is 8.88. The van der Waals surface area contributed by atoms with Gasteiger partial charge < -0.3 is 11.1 Å². The molecule has 1 unspecified atom stereocenters. The number of rotatable bonds is 5. The molecule has 0 radical (unpaired) electrons. The number of anilines is 1. The fraction of sp³-hybridized carbons (Fsp3) is 0.500. The van der Waals surface area contributed by atoms with Crippen LogP contribution in [0, 0.1) is 0 Å². The Labute approximate surface area is 189 Å². The number of hydrogen-bond donors (Lipinski definition) is 2. The van der Waals surface area contributed by atoms with Gasteiger partial charge in [0.2, 0.25) is 5.95 Å². The topological polar surface area (TPSA) is 85.8 Å². The van der Waals surface area contributed by atoms with E-state index in [2.05, 4.69) is 29.4 Å². The predicted molar refractivity (Wildman–Crippen MR) is 129 cm³/mol. The van der Waals surface area contributed by atoms with Gasteiger partial charge in [-0.15, -0.1) is 0 Å². The molecule has 0 amide bonds. The summed E-state index contributed by atoms with van der Waals surface area (Å²) >= 11 is 0. The Morgan fingerprint density at radius 3 is 2.50 bits per heavy atom. The van der Waals surface area contributed by atoms with E-state index in [0.29, 0.717) is 18.0 Å². The lowest BCUT2D eigenvalue weighted by atomic mass is 9.92. The second kappa shape index (κ2) is 9.02. The van der Waals surface area contributed by atoms with E-state index in [1.54, 1.807) is 0 Å². The SMILES string of the molecule is CC(c1ccccc1)c1cc2cnc(NC3CCC(N)CC3)nc2n(C2CCCC2)c1=O. The van der Waals surface area contributed by atoms with Gasteiger partial charge in [0.1, 0.15) is 5.65 Å². The van der Waals surface area contributed by atoms with Crippen LogP contribution in [0.4, 0.5) is 5.95 Å². The first-order valence-electron chi connectivity index (χ1n) is 12.1. The molecular formula is C26H33N5O. The van der Waals surface area contributed by atoms with Gasteiger partial charge in [-0.25, -0.2) is 4.98 Å². The van der Waals surface area contributed by atoms with Crippen LogP contribution in [0.25, 0.3) is 11.0 Å². The zero-order valence-corrected chi connectivity index (χ0v) is 18.8. The van der Waals surface area contributed by atoms with Gasteiger partial charge in [-0.2, -0.15) is 4.98 Å². The number of hydrogen-bond acceptors (Lipinski definition) is 5. The van der Waals surface area contributed by atoms with Crippen molar-refractivity contribution in [3.8, 4) is 0 Å². The highest BCUT2D eigenvalue weighted by atomic mass is 16.1. The molecule has 2 aromatic heterocycles. The minimum absolute atomic E-state index is 0.0185. The molecule has 3 N–H and O–H groups in total. The van der Waals surface area contributed by atoms with Gasteiger partial charge in [0, 0.05) is 41.2 Å². The Morgan fingerprint density at radius 1 is 1.06 bits per heavy atom. The van der Waals surface area contributed by atoms with Crippen LogP contribution in [0.5, 0.6) is 0 Å². The van der Waals surface area contributed by atoms with Crippen molar-refractivity contribution in [1.29, 1.82) is 0 Å². The van der Waals surface area contributed by atoms with Crippen LogP contribution in [0.3, 0.4) is 0 Å². The maximum Gasteiger partial charge on any atom is 0.256 e. The highest BCUT2D eigenvalue weighted by Gasteiger charge is 2.25. The standard InChI is InChI=1S/C26H33N5O/c1-17(18-7-3-2-4-8-18)23-15-19-16-28-26(29-21-13-11-20(27)12-14-21)30-24(19)31(25(23)32)22-9-5-6-10-22/h2-4,7-8,15-17,20-22H,5-6,9-14,27H2,1H3,(H,28,29,30). The molecule has 6 heteroatoms. The summed E-state index contributed by atoms with van der Waals surface area (Å²) in [6.45, 7) is 2.11.